The summed E-state index contributed by atoms with van der Waals surface area (Å²) in [6.07, 6.45) is 6.17. The van der Waals surface area contributed by atoms with Crippen molar-refractivity contribution in [2.75, 3.05) is 11.6 Å². The Balaban J connectivity index is 0.00000144. The molecule has 3 atom stereocenters. The number of amides is 1. The van der Waals surface area contributed by atoms with Gasteiger partial charge in [0, 0.05) is 17.7 Å². The molecule has 5 heteroatoms. The average molecular weight is 279 g/mol. The molecule has 2 aliphatic rings. The number of thioether (sulfide) groups is 1. The van der Waals surface area contributed by atoms with Crippen LogP contribution < -0.4 is 10.6 Å². The molecule has 0 aromatic heterocycles. The quantitative estimate of drug-likeness (QED) is 0.761. The lowest BCUT2D eigenvalue weighted by molar-refractivity contribution is -0.123. The SMILES string of the molecule is CC1CCCC(NC(=O)C2CSCN2)CC1.Cl. The van der Waals surface area contributed by atoms with Crippen molar-refractivity contribution in [2.24, 2.45) is 5.92 Å². The number of carbonyl (C=O) groups is 1. The van der Waals surface area contributed by atoms with Crippen LogP contribution in [0.3, 0.4) is 0 Å². The van der Waals surface area contributed by atoms with Crippen LogP contribution in [0.5, 0.6) is 0 Å². The molecule has 3 nitrogen and oxygen atoms in total. The average Bonchev–Trinajstić information content (AvgIpc) is 2.72. The minimum absolute atomic E-state index is 0. The van der Waals surface area contributed by atoms with Gasteiger partial charge in [-0.2, -0.15) is 0 Å². The fourth-order valence-electron chi connectivity index (χ4n) is 2.50. The molecule has 1 saturated carbocycles. The van der Waals surface area contributed by atoms with Crippen LogP contribution in [0, 0.1) is 5.92 Å². The number of nitrogens with one attached hydrogen (secondary N) is 2. The van der Waals surface area contributed by atoms with Gasteiger partial charge in [-0.1, -0.05) is 19.8 Å². The third-order valence-electron chi connectivity index (χ3n) is 3.64. The minimum Gasteiger partial charge on any atom is -0.352 e. The largest absolute Gasteiger partial charge is 0.352 e. The molecule has 2 rings (SSSR count). The standard InChI is InChI=1S/C12H22N2OS.ClH/c1-9-3-2-4-10(6-5-9)14-12(15)11-7-16-8-13-11;/h9-11,13H,2-8H2,1H3,(H,14,15);1H. The van der Waals surface area contributed by atoms with Gasteiger partial charge in [0.25, 0.3) is 0 Å². The zero-order chi connectivity index (χ0) is 11.4. The summed E-state index contributed by atoms with van der Waals surface area (Å²) in [6.45, 7) is 2.32. The molecular weight excluding hydrogens is 256 g/mol. The van der Waals surface area contributed by atoms with E-state index in [0.29, 0.717) is 6.04 Å². The summed E-state index contributed by atoms with van der Waals surface area (Å²) >= 11 is 1.81. The summed E-state index contributed by atoms with van der Waals surface area (Å²) in [7, 11) is 0. The Kier molecular flexibility index (Phi) is 6.67. The van der Waals surface area contributed by atoms with Crippen LogP contribution >= 0.6 is 24.2 Å². The van der Waals surface area contributed by atoms with Crippen LogP contribution in [0.15, 0.2) is 0 Å². The normalized spacial score (nSPS) is 33.6. The molecule has 3 unspecified atom stereocenters. The second-order valence-corrected chi connectivity index (χ2v) is 6.12. The second-order valence-electron chi connectivity index (χ2n) is 5.09. The Morgan fingerprint density at radius 2 is 2.12 bits per heavy atom. The van der Waals surface area contributed by atoms with Crippen LogP contribution in [0.1, 0.15) is 39.0 Å². The third kappa shape index (κ3) is 4.68. The Bertz CT molecular complexity index is 247. The summed E-state index contributed by atoms with van der Waals surface area (Å²) in [5.41, 5.74) is 0. The van der Waals surface area contributed by atoms with Crippen LogP contribution in [0.4, 0.5) is 0 Å². The van der Waals surface area contributed by atoms with Crippen molar-refractivity contribution >= 4 is 30.1 Å². The van der Waals surface area contributed by atoms with Crippen LogP contribution in [0.2, 0.25) is 0 Å². The summed E-state index contributed by atoms with van der Waals surface area (Å²) < 4.78 is 0. The first-order chi connectivity index (χ1) is 7.75. The van der Waals surface area contributed by atoms with Gasteiger partial charge in [0.15, 0.2) is 0 Å². The predicted molar refractivity (Wildman–Crippen MR) is 75.7 cm³/mol. The maximum absolute atomic E-state index is 11.9. The zero-order valence-corrected chi connectivity index (χ0v) is 12.0. The Morgan fingerprint density at radius 1 is 1.29 bits per heavy atom. The highest BCUT2D eigenvalue weighted by molar-refractivity contribution is 7.99. The van der Waals surface area contributed by atoms with Crippen molar-refractivity contribution in [3.8, 4) is 0 Å². The van der Waals surface area contributed by atoms with Gasteiger partial charge >= 0.3 is 0 Å². The number of hydrogen-bond acceptors (Lipinski definition) is 3. The van der Waals surface area contributed by atoms with Crippen molar-refractivity contribution < 1.29 is 4.79 Å². The lowest BCUT2D eigenvalue weighted by Crippen LogP contribution is -2.46. The second kappa shape index (κ2) is 7.49. The molecule has 2 N–H and O–H groups in total. The molecule has 0 spiro atoms. The molecule has 1 aliphatic heterocycles. The lowest BCUT2D eigenvalue weighted by Gasteiger charge is -2.19. The van der Waals surface area contributed by atoms with E-state index in [2.05, 4.69) is 17.6 Å². The maximum Gasteiger partial charge on any atom is 0.238 e. The number of hydrogen-bond donors (Lipinski definition) is 2. The highest BCUT2D eigenvalue weighted by Crippen LogP contribution is 2.22. The summed E-state index contributed by atoms with van der Waals surface area (Å²) in [6, 6.07) is 0.468. The van der Waals surface area contributed by atoms with Crippen molar-refractivity contribution in [3.63, 3.8) is 0 Å². The van der Waals surface area contributed by atoms with E-state index in [1.165, 1.54) is 19.3 Å². The van der Waals surface area contributed by atoms with E-state index >= 15 is 0 Å². The van der Waals surface area contributed by atoms with Crippen LogP contribution in [-0.4, -0.2) is 29.6 Å². The predicted octanol–water partition coefficient (Wildman–Crippen LogP) is 2.16. The highest BCUT2D eigenvalue weighted by atomic mass is 35.5. The Morgan fingerprint density at radius 3 is 2.82 bits per heavy atom. The van der Waals surface area contributed by atoms with E-state index in [0.717, 1.165) is 30.4 Å². The van der Waals surface area contributed by atoms with Crippen LogP contribution in [-0.2, 0) is 4.79 Å². The molecule has 1 heterocycles. The minimum atomic E-state index is 0. The van der Waals surface area contributed by atoms with Crippen molar-refractivity contribution in [2.45, 2.75) is 51.1 Å². The number of halogens is 1. The smallest absolute Gasteiger partial charge is 0.238 e. The maximum atomic E-state index is 11.9. The Labute approximate surface area is 114 Å². The molecule has 2 fully saturated rings. The number of rotatable bonds is 2. The van der Waals surface area contributed by atoms with Crippen molar-refractivity contribution in [3.05, 3.63) is 0 Å². The monoisotopic (exact) mass is 278 g/mol. The first-order valence-corrected chi connectivity index (χ1v) is 7.52. The van der Waals surface area contributed by atoms with Gasteiger partial charge in [-0.25, -0.2) is 0 Å². The molecule has 1 amide bonds. The van der Waals surface area contributed by atoms with E-state index in [4.69, 9.17) is 0 Å². The first kappa shape index (κ1) is 15.1. The lowest BCUT2D eigenvalue weighted by atomic mass is 10.0. The zero-order valence-electron chi connectivity index (χ0n) is 10.4. The molecular formula is C12H23ClN2OS. The van der Waals surface area contributed by atoms with Crippen molar-refractivity contribution in [1.29, 1.82) is 0 Å². The van der Waals surface area contributed by atoms with Crippen molar-refractivity contribution in [1.82, 2.24) is 10.6 Å². The van der Waals surface area contributed by atoms with E-state index in [9.17, 15) is 4.79 Å². The van der Waals surface area contributed by atoms with Gasteiger partial charge in [-0.15, -0.1) is 24.2 Å². The molecule has 17 heavy (non-hydrogen) atoms. The fraction of sp³-hybridized carbons (Fsp3) is 0.917. The molecule has 0 radical (unpaired) electrons. The van der Waals surface area contributed by atoms with E-state index in [-0.39, 0.29) is 24.4 Å². The topological polar surface area (TPSA) is 41.1 Å². The fourth-order valence-corrected chi connectivity index (χ4v) is 3.44. The Hall–Kier alpha value is 0.0700. The molecule has 100 valence electrons. The van der Waals surface area contributed by atoms with Gasteiger partial charge in [-0.3, -0.25) is 10.1 Å². The van der Waals surface area contributed by atoms with Gasteiger partial charge in [0.1, 0.15) is 0 Å². The molecule has 0 bridgehead atoms. The molecule has 0 aromatic rings. The van der Waals surface area contributed by atoms with E-state index in [1.807, 2.05) is 0 Å². The van der Waals surface area contributed by atoms with Gasteiger partial charge in [-0.05, 0) is 25.2 Å². The first-order valence-electron chi connectivity index (χ1n) is 6.37. The summed E-state index contributed by atoms with van der Waals surface area (Å²) in [5, 5.41) is 6.43. The van der Waals surface area contributed by atoms with Gasteiger partial charge in [0.05, 0.1) is 6.04 Å². The van der Waals surface area contributed by atoms with Gasteiger partial charge < -0.3 is 5.32 Å². The van der Waals surface area contributed by atoms with Crippen LogP contribution in [0.25, 0.3) is 0 Å². The summed E-state index contributed by atoms with van der Waals surface area (Å²) in [4.78, 5) is 11.9. The van der Waals surface area contributed by atoms with Gasteiger partial charge in [0.2, 0.25) is 5.91 Å². The summed E-state index contributed by atoms with van der Waals surface area (Å²) in [5.74, 6) is 2.89. The molecule has 0 aromatic carbocycles. The van der Waals surface area contributed by atoms with E-state index in [1.54, 1.807) is 11.8 Å². The number of carbonyl (C=O) groups excluding carboxylic acids is 1. The molecule has 1 saturated heterocycles. The van der Waals surface area contributed by atoms with E-state index < -0.39 is 0 Å². The third-order valence-corrected chi connectivity index (χ3v) is 4.58. The highest BCUT2D eigenvalue weighted by Gasteiger charge is 2.25. The molecule has 1 aliphatic carbocycles.